The number of aliphatic hydroxyl groups is 2. The molecule has 2 atom stereocenters. The Hall–Kier alpha value is -0.930. The maximum Gasteiger partial charge on any atom is 0.126 e. The third-order valence-electron chi connectivity index (χ3n) is 2.47. The van der Waals surface area contributed by atoms with Crippen LogP contribution in [0.2, 0.25) is 0 Å². The fraction of sp³-hybridized carbons (Fsp3) is 0.500. The Labute approximate surface area is 89.4 Å². The zero-order valence-electron chi connectivity index (χ0n) is 9.07. The highest BCUT2D eigenvalue weighted by Gasteiger charge is 2.17. The van der Waals surface area contributed by atoms with E-state index in [4.69, 9.17) is 0 Å². The van der Waals surface area contributed by atoms with E-state index in [1.165, 1.54) is 12.1 Å². The first kappa shape index (κ1) is 12.1. The van der Waals surface area contributed by atoms with Crippen molar-refractivity contribution >= 4 is 0 Å². The van der Waals surface area contributed by atoms with Crippen LogP contribution < -0.4 is 0 Å². The topological polar surface area (TPSA) is 40.5 Å². The van der Waals surface area contributed by atoms with Crippen LogP contribution >= 0.6 is 0 Å². The lowest BCUT2D eigenvalue weighted by Gasteiger charge is -2.17. The summed E-state index contributed by atoms with van der Waals surface area (Å²) in [7, 11) is 0. The van der Waals surface area contributed by atoms with Crippen LogP contribution in [-0.4, -0.2) is 16.3 Å². The van der Waals surface area contributed by atoms with Crippen LogP contribution in [0.1, 0.15) is 37.0 Å². The SMILES string of the molecule is CCCC(O)C(O)c1ccc(F)c(C)c1. The molecule has 2 N–H and O–H groups in total. The molecule has 0 aliphatic rings. The smallest absolute Gasteiger partial charge is 0.126 e. The third-order valence-corrected chi connectivity index (χ3v) is 2.47. The number of aryl methyl sites for hydroxylation is 1. The van der Waals surface area contributed by atoms with Gasteiger partial charge in [0.15, 0.2) is 0 Å². The minimum Gasteiger partial charge on any atom is -0.390 e. The third kappa shape index (κ3) is 3.01. The Morgan fingerprint density at radius 3 is 2.53 bits per heavy atom. The molecule has 3 heteroatoms. The molecule has 2 unspecified atom stereocenters. The van der Waals surface area contributed by atoms with E-state index in [9.17, 15) is 14.6 Å². The Balaban J connectivity index is 2.81. The van der Waals surface area contributed by atoms with Gasteiger partial charge in [0, 0.05) is 0 Å². The van der Waals surface area contributed by atoms with Gasteiger partial charge in [-0.3, -0.25) is 0 Å². The molecule has 1 aromatic carbocycles. The number of hydrogen-bond acceptors (Lipinski definition) is 2. The molecule has 0 bridgehead atoms. The standard InChI is InChI=1S/C12H17FO2/c1-3-4-11(14)12(15)9-5-6-10(13)8(2)7-9/h5-7,11-12,14-15H,3-4H2,1-2H3. The number of halogens is 1. The van der Waals surface area contributed by atoms with Gasteiger partial charge in [-0.1, -0.05) is 25.5 Å². The van der Waals surface area contributed by atoms with Gasteiger partial charge in [-0.15, -0.1) is 0 Å². The molecule has 0 saturated carbocycles. The van der Waals surface area contributed by atoms with Gasteiger partial charge in [-0.2, -0.15) is 0 Å². The molecule has 0 aliphatic carbocycles. The van der Waals surface area contributed by atoms with E-state index in [2.05, 4.69) is 0 Å². The Morgan fingerprint density at radius 2 is 2.00 bits per heavy atom. The van der Waals surface area contributed by atoms with Crippen LogP contribution in [0.5, 0.6) is 0 Å². The predicted octanol–water partition coefficient (Wildman–Crippen LogP) is 2.33. The predicted molar refractivity (Wildman–Crippen MR) is 57.0 cm³/mol. The normalized spacial score (nSPS) is 15.0. The van der Waals surface area contributed by atoms with Gasteiger partial charge >= 0.3 is 0 Å². The van der Waals surface area contributed by atoms with Crippen molar-refractivity contribution < 1.29 is 14.6 Å². The maximum atomic E-state index is 13.0. The van der Waals surface area contributed by atoms with Crippen molar-refractivity contribution in [3.63, 3.8) is 0 Å². The minimum absolute atomic E-state index is 0.295. The Morgan fingerprint density at radius 1 is 1.33 bits per heavy atom. The summed E-state index contributed by atoms with van der Waals surface area (Å²) in [4.78, 5) is 0. The number of rotatable bonds is 4. The molecule has 0 radical (unpaired) electrons. The minimum atomic E-state index is -0.927. The molecule has 0 spiro atoms. The Kier molecular flexibility index (Phi) is 4.24. The number of hydrogen-bond donors (Lipinski definition) is 2. The summed E-state index contributed by atoms with van der Waals surface area (Å²) >= 11 is 0. The quantitative estimate of drug-likeness (QED) is 0.804. The maximum absolute atomic E-state index is 13.0. The fourth-order valence-electron chi connectivity index (χ4n) is 1.53. The lowest BCUT2D eigenvalue weighted by atomic mass is 9.99. The van der Waals surface area contributed by atoms with Crippen molar-refractivity contribution in [2.75, 3.05) is 0 Å². The van der Waals surface area contributed by atoms with Crippen LogP contribution in [0.3, 0.4) is 0 Å². The second kappa shape index (κ2) is 5.24. The molecule has 0 fully saturated rings. The van der Waals surface area contributed by atoms with Crippen molar-refractivity contribution in [2.45, 2.75) is 38.9 Å². The van der Waals surface area contributed by atoms with E-state index >= 15 is 0 Å². The van der Waals surface area contributed by atoms with Crippen LogP contribution in [-0.2, 0) is 0 Å². The molecular formula is C12H17FO2. The van der Waals surface area contributed by atoms with Gasteiger partial charge < -0.3 is 10.2 Å². The molecular weight excluding hydrogens is 195 g/mol. The van der Waals surface area contributed by atoms with Gasteiger partial charge in [-0.25, -0.2) is 4.39 Å². The average Bonchev–Trinajstić information content (AvgIpc) is 2.21. The monoisotopic (exact) mass is 212 g/mol. The van der Waals surface area contributed by atoms with Crippen LogP contribution in [0.4, 0.5) is 4.39 Å². The van der Waals surface area contributed by atoms with E-state index in [-0.39, 0.29) is 5.82 Å². The zero-order valence-corrected chi connectivity index (χ0v) is 9.07. The Bertz CT molecular complexity index is 325. The molecule has 15 heavy (non-hydrogen) atoms. The van der Waals surface area contributed by atoms with E-state index in [1.54, 1.807) is 13.0 Å². The molecule has 1 rings (SSSR count). The first-order valence-corrected chi connectivity index (χ1v) is 5.18. The molecule has 0 saturated heterocycles. The van der Waals surface area contributed by atoms with Gasteiger partial charge in [0.05, 0.1) is 6.10 Å². The van der Waals surface area contributed by atoms with Gasteiger partial charge in [0.1, 0.15) is 11.9 Å². The van der Waals surface area contributed by atoms with Gasteiger partial charge in [0.25, 0.3) is 0 Å². The van der Waals surface area contributed by atoms with E-state index in [1.807, 2.05) is 6.92 Å². The average molecular weight is 212 g/mol. The molecule has 0 heterocycles. The fourth-order valence-corrected chi connectivity index (χ4v) is 1.53. The summed E-state index contributed by atoms with van der Waals surface area (Å²) in [5, 5.41) is 19.4. The lowest BCUT2D eigenvalue weighted by molar-refractivity contribution is 0.0130. The van der Waals surface area contributed by atoms with Crippen molar-refractivity contribution in [3.8, 4) is 0 Å². The second-order valence-electron chi connectivity index (χ2n) is 3.81. The van der Waals surface area contributed by atoms with E-state index in [0.717, 1.165) is 6.42 Å². The molecule has 1 aromatic rings. The highest BCUT2D eigenvalue weighted by atomic mass is 19.1. The summed E-state index contributed by atoms with van der Waals surface area (Å²) < 4.78 is 13.0. The van der Waals surface area contributed by atoms with Gasteiger partial charge in [0.2, 0.25) is 0 Å². The summed E-state index contributed by atoms with van der Waals surface area (Å²) in [6, 6.07) is 4.39. The highest BCUT2D eigenvalue weighted by Crippen LogP contribution is 2.21. The molecule has 84 valence electrons. The van der Waals surface area contributed by atoms with E-state index < -0.39 is 12.2 Å². The first-order valence-electron chi connectivity index (χ1n) is 5.18. The van der Waals surface area contributed by atoms with Crippen molar-refractivity contribution in [2.24, 2.45) is 0 Å². The van der Waals surface area contributed by atoms with Crippen molar-refractivity contribution in [3.05, 3.63) is 35.1 Å². The van der Waals surface area contributed by atoms with Crippen LogP contribution in [0.15, 0.2) is 18.2 Å². The largest absolute Gasteiger partial charge is 0.390 e. The molecule has 0 amide bonds. The van der Waals surface area contributed by atoms with Crippen LogP contribution in [0, 0.1) is 12.7 Å². The zero-order chi connectivity index (χ0) is 11.4. The summed E-state index contributed by atoms with van der Waals surface area (Å²) in [6.07, 6.45) is -0.361. The van der Waals surface area contributed by atoms with E-state index in [0.29, 0.717) is 17.5 Å². The van der Waals surface area contributed by atoms with Crippen molar-refractivity contribution in [1.29, 1.82) is 0 Å². The molecule has 0 aromatic heterocycles. The summed E-state index contributed by atoms with van der Waals surface area (Å²) in [5.74, 6) is -0.295. The molecule has 2 nitrogen and oxygen atoms in total. The number of aliphatic hydroxyl groups excluding tert-OH is 2. The first-order chi connectivity index (χ1) is 7.06. The van der Waals surface area contributed by atoms with Crippen LogP contribution in [0.25, 0.3) is 0 Å². The molecule has 0 aliphatic heterocycles. The van der Waals surface area contributed by atoms with Gasteiger partial charge in [-0.05, 0) is 30.5 Å². The second-order valence-corrected chi connectivity index (χ2v) is 3.81. The summed E-state index contributed by atoms with van der Waals surface area (Å²) in [6.45, 7) is 3.57. The number of benzene rings is 1. The summed E-state index contributed by atoms with van der Waals surface area (Å²) in [5.41, 5.74) is 1.05. The lowest BCUT2D eigenvalue weighted by Crippen LogP contribution is -2.17. The highest BCUT2D eigenvalue weighted by molar-refractivity contribution is 5.26. The van der Waals surface area contributed by atoms with Crippen molar-refractivity contribution in [1.82, 2.24) is 0 Å².